The summed E-state index contributed by atoms with van der Waals surface area (Å²) in [6, 6.07) is 0. The second-order valence-corrected chi connectivity index (χ2v) is 3.61. The molecule has 6 heteroatoms. The lowest BCUT2D eigenvalue weighted by Crippen LogP contribution is -2.04. The predicted molar refractivity (Wildman–Crippen MR) is 59.9 cm³/mol. The zero-order chi connectivity index (χ0) is 11.0. The van der Waals surface area contributed by atoms with Gasteiger partial charge in [0.05, 0.1) is 30.1 Å². The van der Waals surface area contributed by atoms with Gasteiger partial charge < -0.3 is 15.7 Å². The number of nitrogens with one attached hydrogen (secondary N) is 2. The van der Waals surface area contributed by atoms with Crippen LogP contribution in [0.15, 0.2) is 24.9 Å². The minimum absolute atomic E-state index is 0.623. The van der Waals surface area contributed by atoms with Gasteiger partial charge in [0.25, 0.3) is 0 Å². The number of fused-ring (bicyclic) bond motifs is 1. The van der Waals surface area contributed by atoms with Crippen molar-refractivity contribution in [2.75, 3.05) is 6.54 Å². The molecule has 0 amide bonds. The molecule has 0 aliphatic rings. The largest absolute Gasteiger partial charge is 0.343 e. The molecule has 0 unspecified atom stereocenters. The molecule has 3 heterocycles. The van der Waals surface area contributed by atoms with Crippen molar-refractivity contribution in [3.63, 3.8) is 0 Å². The summed E-state index contributed by atoms with van der Waals surface area (Å²) < 4.78 is 2.02. The van der Waals surface area contributed by atoms with Crippen LogP contribution in [0.3, 0.4) is 0 Å². The van der Waals surface area contributed by atoms with E-state index in [0.29, 0.717) is 6.54 Å². The van der Waals surface area contributed by atoms with E-state index >= 15 is 0 Å². The average molecular weight is 216 g/mol. The van der Waals surface area contributed by atoms with Gasteiger partial charge in [0, 0.05) is 18.3 Å². The summed E-state index contributed by atoms with van der Waals surface area (Å²) in [5.41, 5.74) is 8.57. The lowest BCUT2D eigenvalue weighted by atomic mass is 10.3. The molecule has 0 aliphatic heterocycles. The highest BCUT2D eigenvalue weighted by atomic mass is 15.1. The van der Waals surface area contributed by atoms with Crippen LogP contribution in [0.2, 0.25) is 0 Å². The highest BCUT2D eigenvalue weighted by Gasteiger charge is 2.08. The van der Waals surface area contributed by atoms with Crippen molar-refractivity contribution < 1.29 is 0 Å². The second-order valence-electron chi connectivity index (χ2n) is 3.61. The Morgan fingerprint density at radius 1 is 1.31 bits per heavy atom. The molecule has 0 atom stereocenters. The predicted octanol–water partition coefficient (Wildman–Crippen LogP) is 0.554. The Morgan fingerprint density at radius 2 is 2.25 bits per heavy atom. The Labute approximate surface area is 91.5 Å². The molecule has 0 saturated heterocycles. The SMILES string of the molecule is NCCc1cnc2[nH]c(-c3cnc[nH]3)cn12. The fourth-order valence-electron chi connectivity index (χ4n) is 1.79. The third kappa shape index (κ3) is 1.31. The Balaban J connectivity index is 2.09. The van der Waals surface area contributed by atoms with Gasteiger partial charge in [-0.3, -0.25) is 4.40 Å². The van der Waals surface area contributed by atoms with Crippen LogP contribution < -0.4 is 5.73 Å². The number of imidazole rings is 3. The van der Waals surface area contributed by atoms with E-state index in [4.69, 9.17) is 5.73 Å². The molecule has 6 nitrogen and oxygen atoms in total. The van der Waals surface area contributed by atoms with Gasteiger partial charge in [-0.2, -0.15) is 0 Å². The van der Waals surface area contributed by atoms with Crippen molar-refractivity contribution in [1.29, 1.82) is 0 Å². The summed E-state index contributed by atoms with van der Waals surface area (Å²) in [6.07, 6.45) is 8.09. The monoisotopic (exact) mass is 216 g/mol. The van der Waals surface area contributed by atoms with Crippen LogP contribution in [0.5, 0.6) is 0 Å². The van der Waals surface area contributed by atoms with E-state index < -0.39 is 0 Å². The highest BCUT2D eigenvalue weighted by molar-refractivity contribution is 5.56. The smallest absolute Gasteiger partial charge is 0.211 e. The van der Waals surface area contributed by atoms with Crippen LogP contribution >= 0.6 is 0 Å². The lowest BCUT2D eigenvalue weighted by Gasteiger charge is -1.93. The Bertz CT molecular complexity index is 588. The molecule has 0 spiro atoms. The lowest BCUT2D eigenvalue weighted by molar-refractivity contribution is 0.908. The van der Waals surface area contributed by atoms with Gasteiger partial charge in [0.15, 0.2) is 0 Å². The third-order valence-corrected chi connectivity index (χ3v) is 2.57. The minimum Gasteiger partial charge on any atom is -0.343 e. The van der Waals surface area contributed by atoms with E-state index in [9.17, 15) is 0 Å². The molecule has 16 heavy (non-hydrogen) atoms. The molecule has 0 bridgehead atoms. The molecule has 82 valence electrons. The maximum Gasteiger partial charge on any atom is 0.211 e. The summed E-state index contributed by atoms with van der Waals surface area (Å²) in [6.45, 7) is 0.623. The summed E-state index contributed by atoms with van der Waals surface area (Å²) in [4.78, 5) is 14.5. The zero-order valence-corrected chi connectivity index (χ0v) is 8.64. The molecule has 0 aliphatic carbocycles. The molecule has 3 rings (SSSR count). The number of H-pyrrole nitrogens is 2. The van der Waals surface area contributed by atoms with E-state index in [1.54, 1.807) is 12.5 Å². The molecule has 0 fully saturated rings. The first-order valence-corrected chi connectivity index (χ1v) is 5.12. The first kappa shape index (κ1) is 9.17. The van der Waals surface area contributed by atoms with E-state index in [0.717, 1.165) is 29.3 Å². The quantitative estimate of drug-likeness (QED) is 0.597. The molecule has 3 aromatic rings. The molecule has 0 aromatic carbocycles. The van der Waals surface area contributed by atoms with E-state index in [1.165, 1.54) is 0 Å². The van der Waals surface area contributed by atoms with Gasteiger partial charge in [-0.15, -0.1) is 0 Å². The van der Waals surface area contributed by atoms with Gasteiger partial charge in [-0.1, -0.05) is 0 Å². The Morgan fingerprint density at radius 3 is 3.00 bits per heavy atom. The van der Waals surface area contributed by atoms with Crippen molar-refractivity contribution in [2.24, 2.45) is 5.73 Å². The summed E-state index contributed by atoms with van der Waals surface area (Å²) in [7, 11) is 0. The van der Waals surface area contributed by atoms with Crippen molar-refractivity contribution >= 4 is 5.78 Å². The van der Waals surface area contributed by atoms with Crippen molar-refractivity contribution in [2.45, 2.75) is 6.42 Å². The Hall–Kier alpha value is -2.08. The molecule has 0 radical (unpaired) electrons. The van der Waals surface area contributed by atoms with Crippen LogP contribution in [0.1, 0.15) is 5.69 Å². The van der Waals surface area contributed by atoms with E-state index in [2.05, 4.69) is 19.9 Å². The van der Waals surface area contributed by atoms with Gasteiger partial charge >= 0.3 is 0 Å². The van der Waals surface area contributed by atoms with Crippen molar-refractivity contribution in [1.82, 2.24) is 24.3 Å². The molecule has 4 N–H and O–H groups in total. The summed E-state index contributed by atoms with van der Waals surface area (Å²) >= 11 is 0. The maximum absolute atomic E-state index is 5.54. The first-order valence-electron chi connectivity index (χ1n) is 5.12. The van der Waals surface area contributed by atoms with Crippen LogP contribution in [0.25, 0.3) is 17.2 Å². The van der Waals surface area contributed by atoms with Crippen molar-refractivity contribution in [3.05, 3.63) is 30.6 Å². The van der Waals surface area contributed by atoms with E-state index in [1.807, 2.05) is 16.8 Å². The van der Waals surface area contributed by atoms with Gasteiger partial charge in [-0.05, 0) is 6.54 Å². The van der Waals surface area contributed by atoms with Crippen LogP contribution in [-0.2, 0) is 6.42 Å². The molecule has 3 aromatic heterocycles. The van der Waals surface area contributed by atoms with E-state index in [-0.39, 0.29) is 0 Å². The number of aromatic amines is 2. The van der Waals surface area contributed by atoms with Gasteiger partial charge in [0.1, 0.15) is 0 Å². The molecule has 0 saturated carbocycles. The highest BCUT2D eigenvalue weighted by Crippen LogP contribution is 2.16. The number of aromatic nitrogens is 5. The normalized spacial score (nSPS) is 11.3. The summed E-state index contributed by atoms with van der Waals surface area (Å²) in [5.74, 6) is 0.827. The number of hydrogen-bond acceptors (Lipinski definition) is 3. The van der Waals surface area contributed by atoms with Crippen LogP contribution in [0.4, 0.5) is 0 Å². The van der Waals surface area contributed by atoms with Crippen LogP contribution in [-0.4, -0.2) is 30.9 Å². The minimum atomic E-state index is 0.623. The molecular formula is C10H12N6. The van der Waals surface area contributed by atoms with Crippen LogP contribution in [0, 0.1) is 0 Å². The average Bonchev–Trinajstić information content (AvgIpc) is 2.93. The van der Waals surface area contributed by atoms with Gasteiger partial charge in [-0.25, -0.2) is 9.97 Å². The fourth-order valence-corrected chi connectivity index (χ4v) is 1.79. The number of nitrogens with two attached hydrogens (primary N) is 1. The standard InChI is InChI=1S/C10H12N6/c11-2-1-7-3-13-10-15-9(5-16(7)10)8-4-12-6-14-8/h3-6H,1-2,11H2,(H,12,14)(H,13,15). The second kappa shape index (κ2) is 3.49. The molecular weight excluding hydrogens is 204 g/mol. The topological polar surface area (TPSA) is 87.8 Å². The number of rotatable bonds is 3. The maximum atomic E-state index is 5.54. The number of hydrogen-bond donors (Lipinski definition) is 3. The van der Waals surface area contributed by atoms with Gasteiger partial charge in [0.2, 0.25) is 5.78 Å². The summed E-state index contributed by atoms with van der Waals surface area (Å²) in [5, 5.41) is 0. The third-order valence-electron chi connectivity index (χ3n) is 2.57. The first-order chi connectivity index (χ1) is 7.88. The fraction of sp³-hybridized carbons (Fsp3) is 0.200. The Kier molecular flexibility index (Phi) is 2.00. The number of nitrogens with zero attached hydrogens (tertiary/aromatic N) is 3. The zero-order valence-electron chi connectivity index (χ0n) is 8.64. The van der Waals surface area contributed by atoms with Crippen molar-refractivity contribution in [3.8, 4) is 11.4 Å².